The Hall–Kier alpha value is -1.70. The number of anilines is 1. The summed E-state index contributed by atoms with van der Waals surface area (Å²) >= 11 is 5.23. The lowest BCUT2D eigenvalue weighted by Gasteiger charge is -2.23. The fourth-order valence-corrected chi connectivity index (χ4v) is 2.41. The Morgan fingerprint density at radius 3 is 2.91 bits per heavy atom. The van der Waals surface area contributed by atoms with Crippen LogP contribution in [-0.2, 0) is 4.74 Å². The number of ether oxygens (including phenoxy) is 1. The van der Waals surface area contributed by atoms with Crippen LogP contribution in [0.2, 0.25) is 0 Å². The minimum Gasteiger partial charge on any atom is -0.399 e. The Labute approximate surface area is 136 Å². The van der Waals surface area contributed by atoms with Gasteiger partial charge in [-0.1, -0.05) is 12.1 Å². The number of hydrazone groups is 1. The molecule has 1 saturated heterocycles. The van der Waals surface area contributed by atoms with E-state index in [1.165, 1.54) is 0 Å². The summed E-state index contributed by atoms with van der Waals surface area (Å²) in [4.78, 5) is 1.54. The van der Waals surface area contributed by atoms with Crippen molar-refractivity contribution in [3.8, 4) is 0 Å². The number of nitrogens with two attached hydrogens (primary N) is 1. The van der Waals surface area contributed by atoms with Crippen LogP contribution in [0.1, 0.15) is 12.5 Å². The van der Waals surface area contributed by atoms with Crippen LogP contribution in [0.25, 0.3) is 0 Å². The van der Waals surface area contributed by atoms with E-state index in [2.05, 4.69) is 15.8 Å². The Balaban J connectivity index is 1.71. The second-order valence-electron chi connectivity index (χ2n) is 5.30. The average Bonchev–Trinajstić information content (AvgIpc) is 2.53. The van der Waals surface area contributed by atoms with Crippen LogP contribution in [0.15, 0.2) is 29.4 Å². The smallest absolute Gasteiger partial charge is 0.187 e. The Morgan fingerprint density at radius 2 is 2.18 bits per heavy atom. The topological polar surface area (TPSA) is 76.1 Å². The number of hydrogen-bond donors (Lipinski definition) is 4. The monoisotopic (exact) mass is 322 g/mol. The average molecular weight is 322 g/mol. The third-order valence-corrected chi connectivity index (χ3v) is 3.83. The van der Waals surface area contributed by atoms with E-state index in [9.17, 15) is 0 Å². The molecule has 120 valence electrons. The molecule has 0 unspecified atom stereocenters. The number of rotatable bonds is 5. The minimum absolute atomic E-state index is 0.538. The molecular formula is C15H24N5OS+. The zero-order valence-corrected chi connectivity index (χ0v) is 13.7. The summed E-state index contributed by atoms with van der Waals surface area (Å²) < 4.78 is 5.34. The number of benzene rings is 1. The molecule has 1 aliphatic rings. The van der Waals surface area contributed by atoms with Gasteiger partial charge < -0.3 is 20.7 Å². The second kappa shape index (κ2) is 8.67. The predicted molar refractivity (Wildman–Crippen MR) is 93.2 cm³/mol. The largest absolute Gasteiger partial charge is 0.399 e. The SMILES string of the molecule is C/C(=N/NC(=S)NCC[NH+]1CCOCC1)c1cccc(N)c1. The highest BCUT2D eigenvalue weighted by Gasteiger charge is 2.12. The second-order valence-corrected chi connectivity index (χ2v) is 5.71. The fraction of sp³-hybridized carbons (Fsp3) is 0.467. The van der Waals surface area contributed by atoms with Gasteiger partial charge in [0.1, 0.15) is 13.1 Å². The molecule has 1 fully saturated rings. The molecule has 7 heteroatoms. The molecule has 0 aliphatic carbocycles. The van der Waals surface area contributed by atoms with E-state index in [0.717, 1.165) is 56.4 Å². The first kappa shape index (κ1) is 16.7. The van der Waals surface area contributed by atoms with Gasteiger partial charge in [0.25, 0.3) is 0 Å². The molecule has 0 spiro atoms. The van der Waals surface area contributed by atoms with Crippen LogP contribution < -0.4 is 21.4 Å². The van der Waals surface area contributed by atoms with E-state index < -0.39 is 0 Å². The van der Waals surface area contributed by atoms with E-state index in [1.807, 2.05) is 31.2 Å². The summed E-state index contributed by atoms with van der Waals surface area (Å²) in [7, 11) is 0. The zero-order valence-electron chi connectivity index (χ0n) is 12.9. The van der Waals surface area contributed by atoms with Crippen molar-refractivity contribution in [2.75, 3.05) is 45.1 Å². The van der Waals surface area contributed by atoms with Gasteiger partial charge in [0.2, 0.25) is 0 Å². The standard InChI is InChI=1S/C15H23N5OS/c1-12(13-3-2-4-14(16)11-13)18-19-15(22)17-5-6-20-7-9-21-10-8-20/h2-4,11H,5-10,16H2,1H3,(H2,17,19,22)/p+1/b18-12-. The number of thiocarbonyl (C=S) groups is 1. The highest BCUT2D eigenvalue weighted by atomic mass is 32.1. The lowest BCUT2D eigenvalue weighted by Crippen LogP contribution is -3.14. The van der Waals surface area contributed by atoms with Crippen LogP contribution in [-0.4, -0.2) is 50.2 Å². The molecule has 22 heavy (non-hydrogen) atoms. The maximum Gasteiger partial charge on any atom is 0.187 e. The maximum absolute atomic E-state index is 5.76. The third kappa shape index (κ3) is 5.59. The van der Waals surface area contributed by atoms with E-state index in [1.54, 1.807) is 4.90 Å². The molecule has 1 aromatic rings. The predicted octanol–water partition coefficient (Wildman–Crippen LogP) is -0.628. The number of quaternary nitrogens is 1. The van der Waals surface area contributed by atoms with Crippen molar-refractivity contribution in [3.05, 3.63) is 29.8 Å². The molecule has 0 radical (unpaired) electrons. The molecule has 6 nitrogen and oxygen atoms in total. The van der Waals surface area contributed by atoms with Gasteiger partial charge in [-0.3, -0.25) is 5.43 Å². The van der Waals surface area contributed by atoms with E-state index in [0.29, 0.717) is 5.11 Å². The first-order valence-corrected chi connectivity index (χ1v) is 7.91. The first-order chi connectivity index (χ1) is 10.6. The normalized spacial score (nSPS) is 16.3. The summed E-state index contributed by atoms with van der Waals surface area (Å²) in [6, 6.07) is 7.61. The van der Waals surface area contributed by atoms with Crippen molar-refractivity contribution in [3.63, 3.8) is 0 Å². The van der Waals surface area contributed by atoms with Gasteiger partial charge >= 0.3 is 0 Å². The summed E-state index contributed by atoms with van der Waals surface area (Å²) in [5, 5.41) is 7.99. The van der Waals surface area contributed by atoms with Gasteiger partial charge in [-0.15, -0.1) is 0 Å². The van der Waals surface area contributed by atoms with Gasteiger partial charge in [0, 0.05) is 5.69 Å². The highest BCUT2D eigenvalue weighted by molar-refractivity contribution is 7.80. The van der Waals surface area contributed by atoms with Crippen molar-refractivity contribution < 1.29 is 9.64 Å². The van der Waals surface area contributed by atoms with Crippen LogP contribution >= 0.6 is 12.2 Å². The zero-order chi connectivity index (χ0) is 15.8. The number of nitrogen functional groups attached to an aromatic ring is 1. The molecule has 0 amide bonds. The van der Waals surface area contributed by atoms with Gasteiger partial charge in [-0.2, -0.15) is 5.10 Å². The molecule has 1 aromatic carbocycles. The molecule has 1 heterocycles. The summed E-state index contributed by atoms with van der Waals surface area (Å²) in [6.45, 7) is 7.60. The van der Waals surface area contributed by atoms with Crippen molar-refractivity contribution in [1.29, 1.82) is 0 Å². The van der Waals surface area contributed by atoms with Crippen LogP contribution in [0.4, 0.5) is 5.69 Å². The van der Waals surface area contributed by atoms with Crippen molar-refractivity contribution in [2.24, 2.45) is 5.10 Å². The molecule has 1 aliphatic heterocycles. The van der Waals surface area contributed by atoms with E-state index >= 15 is 0 Å². The Kier molecular flexibility index (Phi) is 6.57. The number of nitrogens with one attached hydrogen (secondary N) is 3. The van der Waals surface area contributed by atoms with E-state index in [-0.39, 0.29) is 0 Å². The Bertz CT molecular complexity index is 528. The molecular weight excluding hydrogens is 298 g/mol. The first-order valence-electron chi connectivity index (χ1n) is 7.50. The van der Waals surface area contributed by atoms with Gasteiger partial charge in [0.15, 0.2) is 5.11 Å². The van der Waals surface area contributed by atoms with Crippen LogP contribution in [0, 0.1) is 0 Å². The number of morpholine rings is 1. The van der Waals surface area contributed by atoms with Crippen LogP contribution in [0.3, 0.4) is 0 Å². The molecule has 0 atom stereocenters. The van der Waals surface area contributed by atoms with Crippen molar-refractivity contribution in [2.45, 2.75) is 6.92 Å². The third-order valence-electron chi connectivity index (χ3n) is 3.59. The molecule has 2 rings (SSSR count). The van der Waals surface area contributed by atoms with E-state index in [4.69, 9.17) is 22.7 Å². The number of hydrogen-bond acceptors (Lipinski definition) is 4. The summed E-state index contributed by atoms with van der Waals surface area (Å²) in [6.07, 6.45) is 0. The highest BCUT2D eigenvalue weighted by Crippen LogP contribution is 2.07. The lowest BCUT2D eigenvalue weighted by molar-refractivity contribution is -0.906. The Morgan fingerprint density at radius 1 is 1.41 bits per heavy atom. The van der Waals surface area contributed by atoms with Crippen LogP contribution in [0.5, 0.6) is 0 Å². The van der Waals surface area contributed by atoms with Gasteiger partial charge in [-0.05, 0) is 36.8 Å². The molecule has 0 aromatic heterocycles. The molecule has 0 bridgehead atoms. The summed E-state index contributed by atoms with van der Waals surface area (Å²) in [5.41, 5.74) is 11.2. The van der Waals surface area contributed by atoms with Crippen molar-refractivity contribution in [1.82, 2.24) is 10.7 Å². The van der Waals surface area contributed by atoms with Crippen molar-refractivity contribution >= 4 is 28.7 Å². The quantitative estimate of drug-likeness (QED) is 0.251. The lowest BCUT2D eigenvalue weighted by atomic mass is 10.1. The van der Waals surface area contributed by atoms with Gasteiger partial charge in [-0.25, -0.2) is 0 Å². The fourth-order valence-electron chi connectivity index (χ4n) is 2.27. The van der Waals surface area contributed by atoms with Gasteiger partial charge in [0.05, 0.1) is 32.0 Å². The molecule has 0 saturated carbocycles. The number of nitrogens with zero attached hydrogens (tertiary/aromatic N) is 1. The molecule has 5 N–H and O–H groups in total. The summed E-state index contributed by atoms with van der Waals surface area (Å²) in [5.74, 6) is 0. The maximum atomic E-state index is 5.76. The minimum atomic E-state index is 0.538.